The van der Waals surface area contributed by atoms with Crippen LogP contribution in [0.5, 0.6) is 0 Å². The van der Waals surface area contributed by atoms with Gasteiger partial charge in [0.2, 0.25) is 0 Å². The van der Waals surface area contributed by atoms with E-state index in [1.54, 1.807) is 0 Å². The van der Waals surface area contributed by atoms with Crippen LogP contribution in [0.4, 0.5) is 0 Å². The van der Waals surface area contributed by atoms with E-state index >= 15 is 0 Å². The van der Waals surface area contributed by atoms with E-state index in [0.717, 1.165) is 30.3 Å². The van der Waals surface area contributed by atoms with Gasteiger partial charge in [0.05, 0.1) is 6.54 Å². The van der Waals surface area contributed by atoms with Crippen molar-refractivity contribution in [2.75, 3.05) is 13.6 Å². The van der Waals surface area contributed by atoms with Crippen molar-refractivity contribution in [2.24, 2.45) is 16.1 Å². The molecule has 0 radical (unpaired) electrons. The molecule has 0 amide bonds. The summed E-state index contributed by atoms with van der Waals surface area (Å²) in [5.41, 5.74) is 12.1. The minimum Gasteiger partial charge on any atom is -0.370 e. The van der Waals surface area contributed by atoms with Crippen LogP contribution in [0.15, 0.2) is 51.9 Å². The molecule has 2 aromatic rings. The Morgan fingerprint density at radius 1 is 1.04 bits per heavy atom. The van der Waals surface area contributed by atoms with E-state index in [0.29, 0.717) is 5.96 Å². The molecule has 3 nitrogen and oxygen atoms in total. The van der Waals surface area contributed by atoms with Gasteiger partial charge in [-0.25, -0.2) is 4.99 Å². The first-order valence-corrected chi connectivity index (χ1v) is 10.2. The molecule has 0 bridgehead atoms. The fourth-order valence-corrected chi connectivity index (χ4v) is 5.93. The Balaban J connectivity index is 1.66. The summed E-state index contributed by atoms with van der Waals surface area (Å²) in [5, 5.41) is 0. The molecule has 5 rings (SSSR count). The summed E-state index contributed by atoms with van der Waals surface area (Å²) in [6.07, 6.45) is 5.70. The molecule has 0 aromatic heterocycles. The lowest BCUT2D eigenvalue weighted by molar-refractivity contribution is 0.114. The molecule has 1 atom stereocenters. The second kappa shape index (κ2) is 5.59. The molecule has 2 N–H and O–H groups in total. The number of hydrogen-bond donors (Lipinski definition) is 1. The molecule has 2 aromatic carbocycles. The summed E-state index contributed by atoms with van der Waals surface area (Å²) in [6.45, 7) is 0.888. The number of fused-ring (bicyclic) bond motifs is 4. The molecule has 0 saturated carbocycles. The molecule has 2 spiro atoms. The Morgan fingerprint density at radius 2 is 1.73 bits per heavy atom. The summed E-state index contributed by atoms with van der Waals surface area (Å²) in [6, 6.07) is 15.7. The maximum Gasteiger partial charge on any atom is 0.192 e. The van der Waals surface area contributed by atoms with E-state index in [1.807, 2.05) is 0 Å². The van der Waals surface area contributed by atoms with Crippen molar-refractivity contribution >= 4 is 21.9 Å². The molecule has 3 aliphatic rings. The van der Waals surface area contributed by atoms with Crippen LogP contribution in [-0.2, 0) is 24.8 Å². The zero-order valence-corrected chi connectivity index (χ0v) is 16.7. The molecule has 1 unspecified atom stereocenters. The van der Waals surface area contributed by atoms with Crippen molar-refractivity contribution in [3.63, 3.8) is 0 Å². The fourth-order valence-electron chi connectivity index (χ4n) is 5.57. The number of halogens is 1. The highest BCUT2D eigenvalue weighted by atomic mass is 79.9. The SMILES string of the molecule is CN1CC2(N=C1N)c1cc(Br)ccc1CC21CCc2ccccc2CC1. The topological polar surface area (TPSA) is 41.6 Å². The molecule has 1 heterocycles. The molecular weight excluding hydrogens is 386 g/mol. The third-order valence-corrected chi connectivity index (χ3v) is 7.44. The number of aryl methyl sites for hydroxylation is 2. The molecule has 2 aliphatic carbocycles. The summed E-state index contributed by atoms with van der Waals surface area (Å²) < 4.78 is 1.13. The van der Waals surface area contributed by atoms with Crippen LogP contribution in [0.1, 0.15) is 35.1 Å². The molecule has 0 fully saturated rings. The number of nitrogens with two attached hydrogens (primary N) is 1. The van der Waals surface area contributed by atoms with Crippen molar-refractivity contribution in [3.8, 4) is 0 Å². The summed E-state index contributed by atoms with van der Waals surface area (Å²) in [7, 11) is 2.07. The van der Waals surface area contributed by atoms with Crippen molar-refractivity contribution in [3.05, 3.63) is 69.2 Å². The quantitative estimate of drug-likeness (QED) is 0.713. The maximum absolute atomic E-state index is 6.31. The molecule has 0 saturated heterocycles. The van der Waals surface area contributed by atoms with Gasteiger partial charge in [0.15, 0.2) is 5.96 Å². The lowest BCUT2D eigenvalue weighted by Crippen LogP contribution is -2.45. The zero-order valence-electron chi connectivity index (χ0n) is 15.1. The highest BCUT2D eigenvalue weighted by molar-refractivity contribution is 9.10. The van der Waals surface area contributed by atoms with Gasteiger partial charge in [0.25, 0.3) is 0 Å². The number of guanidine groups is 1. The molecule has 134 valence electrons. The first-order valence-electron chi connectivity index (χ1n) is 9.45. The normalized spacial score (nSPS) is 25.9. The predicted molar refractivity (Wildman–Crippen MR) is 109 cm³/mol. The smallest absolute Gasteiger partial charge is 0.192 e. The first kappa shape index (κ1) is 16.4. The van der Waals surface area contributed by atoms with Crippen LogP contribution in [0, 0.1) is 5.41 Å². The lowest BCUT2D eigenvalue weighted by atomic mass is 9.65. The Morgan fingerprint density at radius 3 is 2.35 bits per heavy atom. The predicted octanol–water partition coefficient (Wildman–Crippen LogP) is 4.03. The minimum absolute atomic E-state index is 0.143. The summed E-state index contributed by atoms with van der Waals surface area (Å²) in [5.74, 6) is 0.680. The Hall–Kier alpha value is -1.81. The highest BCUT2D eigenvalue weighted by Gasteiger charge is 2.60. The van der Waals surface area contributed by atoms with E-state index in [1.165, 1.54) is 35.1 Å². The van der Waals surface area contributed by atoms with Gasteiger partial charge in [-0.2, -0.15) is 0 Å². The Kier molecular flexibility index (Phi) is 3.52. The highest BCUT2D eigenvalue weighted by Crippen LogP contribution is 2.60. The average Bonchev–Trinajstić information content (AvgIpc) is 2.98. The fraction of sp³-hybridized carbons (Fsp3) is 0.409. The molecule has 4 heteroatoms. The zero-order chi connectivity index (χ0) is 17.9. The Labute approximate surface area is 163 Å². The van der Waals surface area contributed by atoms with Crippen LogP contribution in [-0.4, -0.2) is 24.5 Å². The van der Waals surface area contributed by atoms with Crippen molar-refractivity contribution in [2.45, 2.75) is 37.6 Å². The third-order valence-electron chi connectivity index (χ3n) is 6.95. The van der Waals surface area contributed by atoms with E-state index in [2.05, 4.69) is 70.3 Å². The standard InChI is InChI=1S/C22H24BrN3/c1-26-14-22(25-20(26)24)19-12-18(23)7-6-17(19)13-21(22)10-8-15-4-2-3-5-16(15)9-11-21/h2-7,12H,8-11,13-14H2,1H3,(H2,24,25). The molecular formula is C22H24BrN3. The van der Waals surface area contributed by atoms with Crippen LogP contribution >= 0.6 is 15.9 Å². The van der Waals surface area contributed by atoms with Gasteiger partial charge in [-0.05, 0) is 66.5 Å². The number of aliphatic imine (C=N–C) groups is 1. The van der Waals surface area contributed by atoms with Crippen molar-refractivity contribution < 1.29 is 0 Å². The second-order valence-electron chi connectivity index (χ2n) is 8.21. The summed E-state index contributed by atoms with van der Waals surface area (Å²) >= 11 is 3.68. The number of rotatable bonds is 0. The average molecular weight is 410 g/mol. The monoisotopic (exact) mass is 409 g/mol. The van der Waals surface area contributed by atoms with Crippen molar-refractivity contribution in [1.29, 1.82) is 0 Å². The van der Waals surface area contributed by atoms with Crippen LogP contribution in [0.25, 0.3) is 0 Å². The molecule has 26 heavy (non-hydrogen) atoms. The summed E-state index contributed by atoms with van der Waals surface area (Å²) in [4.78, 5) is 7.30. The van der Waals surface area contributed by atoms with Crippen molar-refractivity contribution in [1.82, 2.24) is 4.90 Å². The van der Waals surface area contributed by atoms with Gasteiger partial charge >= 0.3 is 0 Å². The number of nitrogens with zero attached hydrogens (tertiary/aromatic N) is 2. The van der Waals surface area contributed by atoms with Gasteiger partial charge in [-0.1, -0.05) is 46.3 Å². The third kappa shape index (κ3) is 2.14. The van der Waals surface area contributed by atoms with Gasteiger partial charge in [0.1, 0.15) is 5.54 Å². The first-order chi connectivity index (χ1) is 12.5. The number of hydrogen-bond acceptors (Lipinski definition) is 3. The van der Waals surface area contributed by atoms with Crippen LogP contribution in [0.2, 0.25) is 0 Å². The van der Waals surface area contributed by atoms with E-state index < -0.39 is 0 Å². The lowest BCUT2D eigenvalue weighted by Gasteiger charge is -2.42. The minimum atomic E-state index is -0.215. The second-order valence-corrected chi connectivity index (χ2v) is 9.13. The number of benzene rings is 2. The van der Waals surface area contributed by atoms with Crippen LogP contribution in [0.3, 0.4) is 0 Å². The Bertz CT molecular complexity index is 892. The van der Waals surface area contributed by atoms with Gasteiger partial charge < -0.3 is 10.6 Å². The molecule has 1 aliphatic heterocycles. The number of likely N-dealkylation sites (N-methyl/N-ethyl adjacent to an activating group) is 1. The van der Waals surface area contributed by atoms with E-state index in [9.17, 15) is 0 Å². The van der Waals surface area contributed by atoms with Gasteiger partial charge in [0, 0.05) is 16.9 Å². The van der Waals surface area contributed by atoms with Gasteiger partial charge in [-0.15, -0.1) is 0 Å². The maximum atomic E-state index is 6.31. The van der Waals surface area contributed by atoms with Gasteiger partial charge in [-0.3, -0.25) is 0 Å². The van der Waals surface area contributed by atoms with E-state index in [4.69, 9.17) is 10.7 Å². The van der Waals surface area contributed by atoms with E-state index in [-0.39, 0.29) is 11.0 Å². The largest absolute Gasteiger partial charge is 0.370 e. The van der Waals surface area contributed by atoms with Crippen LogP contribution < -0.4 is 5.73 Å².